The molecule has 5 nitrogen and oxygen atoms in total. The molecule has 0 bridgehead atoms. The zero-order valence-electron chi connectivity index (χ0n) is 33.0. The van der Waals surface area contributed by atoms with Gasteiger partial charge in [0, 0.05) is 27.5 Å². The number of aryl methyl sites for hydroxylation is 2. The highest BCUT2D eigenvalue weighted by molar-refractivity contribution is 6.12. The van der Waals surface area contributed by atoms with Crippen LogP contribution < -0.4 is 0 Å². The summed E-state index contributed by atoms with van der Waals surface area (Å²) in [5.41, 5.74) is 18.3. The molecule has 0 saturated heterocycles. The molecule has 2 heterocycles. The van der Waals surface area contributed by atoms with Crippen LogP contribution in [0.25, 0.3) is 83.9 Å². The number of hydrogen-bond donors (Lipinski definition) is 0. The normalized spacial score (nSPS) is 12.9. The predicted molar refractivity (Wildman–Crippen MR) is 241 cm³/mol. The van der Waals surface area contributed by atoms with Gasteiger partial charge in [0.1, 0.15) is 6.07 Å². The van der Waals surface area contributed by atoms with Crippen LogP contribution in [0.1, 0.15) is 38.9 Å². The third kappa shape index (κ3) is 4.76. The van der Waals surface area contributed by atoms with Gasteiger partial charge in [0.2, 0.25) is 0 Å². The maximum Gasteiger partial charge on any atom is 0.164 e. The lowest BCUT2D eigenvalue weighted by Crippen LogP contribution is -2.25. The summed E-state index contributed by atoms with van der Waals surface area (Å²) in [6, 6.07) is 64.8. The molecule has 0 atom stereocenters. The van der Waals surface area contributed by atoms with E-state index in [1.54, 1.807) is 0 Å². The van der Waals surface area contributed by atoms with Crippen molar-refractivity contribution in [2.24, 2.45) is 0 Å². The van der Waals surface area contributed by atoms with Crippen molar-refractivity contribution < 1.29 is 0 Å². The highest BCUT2D eigenvalue weighted by atomic mass is 15.0. The van der Waals surface area contributed by atoms with Crippen molar-refractivity contribution in [1.82, 2.24) is 19.5 Å². The van der Waals surface area contributed by atoms with Gasteiger partial charge in [-0.25, -0.2) is 15.0 Å². The molecule has 2 aromatic heterocycles. The zero-order valence-corrected chi connectivity index (χ0v) is 33.0. The number of aromatic nitrogens is 4. The second-order valence-corrected chi connectivity index (χ2v) is 16.0. The van der Waals surface area contributed by atoms with Gasteiger partial charge in [-0.3, -0.25) is 0 Å². The molecule has 280 valence electrons. The first-order valence-corrected chi connectivity index (χ1v) is 20.3. The Bertz CT molecular complexity index is 3360. The molecule has 0 aliphatic heterocycles. The number of benzene rings is 8. The lowest BCUT2D eigenvalue weighted by atomic mass is 9.70. The SMILES string of the molecule is Cc1ccc2c(c1)-c1cc(C)ccc1C21c2ccccc2-c2cc3c(cc21)c1ccccc1n3-c1ccc(-c2nc(-c3ccccc3)nc(-c3ccccc3)n2)cc1C#N. The Balaban J connectivity index is 1.09. The molecule has 2 aliphatic carbocycles. The molecule has 10 aromatic rings. The summed E-state index contributed by atoms with van der Waals surface area (Å²) < 4.78 is 2.27. The third-order valence-corrected chi connectivity index (χ3v) is 12.6. The molecule has 5 heteroatoms. The molecular formula is C55H35N5. The van der Waals surface area contributed by atoms with E-state index in [-0.39, 0.29) is 0 Å². The molecule has 0 unspecified atom stereocenters. The fraction of sp³-hybridized carbons (Fsp3) is 0.0545. The van der Waals surface area contributed by atoms with Crippen molar-refractivity contribution >= 4 is 21.8 Å². The van der Waals surface area contributed by atoms with Crippen molar-refractivity contribution in [3.63, 3.8) is 0 Å². The van der Waals surface area contributed by atoms with Gasteiger partial charge in [0.15, 0.2) is 17.5 Å². The summed E-state index contributed by atoms with van der Waals surface area (Å²) >= 11 is 0. The molecule has 0 saturated carbocycles. The van der Waals surface area contributed by atoms with Gasteiger partial charge < -0.3 is 4.57 Å². The number of hydrogen-bond acceptors (Lipinski definition) is 4. The highest BCUT2D eigenvalue weighted by Crippen LogP contribution is 2.63. The first kappa shape index (κ1) is 34.1. The van der Waals surface area contributed by atoms with Crippen molar-refractivity contribution in [2.75, 3.05) is 0 Å². The zero-order chi connectivity index (χ0) is 40.1. The minimum Gasteiger partial charge on any atom is -0.308 e. The maximum absolute atomic E-state index is 10.9. The van der Waals surface area contributed by atoms with Crippen LogP contribution >= 0.6 is 0 Å². The van der Waals surface area contributed by atoms with Crippen LogP contribution in [-0.4, -0.2) is 19.5 Å². The monoisotopic (exact) mass is 765 g/mol. The summed E-state index contributed by atoms with van der Waals surface area (Å²) in [7, 11) is 0. The highest BCUT2D eigenvalue weighted by Gasteiger charge is 2.52. The van der Waals surface area contributed by atoms with E-state index in [2.05, 4.69) is 122 Å². The van der Waals surface area contributed by atoms with Gasteiger partial charge >= 0.3 is 0 Å². The number of nitrogens with zero attached hydrogens (tertiary/aromatic N) is 5. The average molecular weight is 766 g/mol. The third-order valence-electron chi connectivity index (χ3n) is 12.6. The topological polar surface area (TPSA) is 67.4 Å². The average Bonchev–Trinajstić information content (AvgIpc) is 3.88. The number of para-hydroxylation sites is 1. The van der Waals surface area contributed by atoms with Crippen LogP contribution in [0.4, 0.5) is 0 Å². The summed E-state index contributed by atoms with van der Waals surface area (Å²) in [4.78, 5) is 14.8. The van der Waals surface area contributed by atoms with Gasteiger partial charge in [-0.15, -0.1) is 0 Å². The predicted octanol–water partition coefficient (Wildman–Crippen LogP) is 12.8. The van der Waals surface area contributed by atoms with Crippen LogP contribution in [0, 0.1) is 25.2 Å². The Morgan fingerprint density at radius 1 is 0.433 bits per heavy atom. The van der Waals surface area contributed by atoms with E-state index in [1.165, 1.54) is 55.6 Å². The molecule has 0 fully saturated rings. The number of fused-ring (bicyclic) bond motifs is 13. The summed E-state index contributed by atoms with van der Waals surface area (Å²) in [6.45, 7) is 4.37. The Hall–Kier alpha value is -7.94. The van der Waals surface area contributed by atoms with Crippen LogP contribution in [0.5, 0.6) is 0 Å². The van der Waals surface area contributed by atoms with E-state index < -0.39 is 5.41 Å². The Morgan fingerprint density at radius 2 is 0.983 bits per heavy atom. The molecule has 1 spiro atoms. The summed E-state index contributed by atoms with van der Waals surface area (Å²) in [6.07, 6.45) is 0. The van der Waals surface area contributed by atoms with E-state index in [1.807, 2.05) is 78.9 Å². The van der Waals surface area contributed by atoms with Gasteiger partial charge in [-0.2, -0.15) is 5.26 Å². The second-order valence-electron chi connectivity index (χ2n) is 16.0. The summed E-state index contributed by atoms with van der Waals surface area (Å²) in [5, 5.41) is 13.2. The largest absolute Gasteiger partial charge is 0.308 e. The van der Waals surface area contributed by atoms with Gasteiger partial charge in [0.25, 0.3) is 0 Å². The molecular weight excluding hydrogens is 731 g/mol. The van der Waals surface area contributed by atoms with Crippen molar-refractivity contribution in [1.29, 1.82) is 5.26 Å². The van der Waals surface area contributed by atoms with Crippen molar-refractivity contribution in [3.8, 4) is 68.2 Å². The van der Waals surface area contributed by atoms with E-state index in [9.17, 15) is 5.26 Å². The molecule has 0 amide bonds. The first-order valence-electron chi connectivity index (χ1n) is 20.3. The fourth-order valence-corrected chi connectivity index (χ4v) is 10.0. The van der Waals surface area contributed by atoms with Gasteiger partial charge in [0.05, 0.1) is 27.7 Å². The second kappa shape index (κ2) is 12.8. The molecule has 0 N–H and O–H groups in total. The van der Waals surface area contributed by atoms with Gasteiger partial charge in [-0.05, 0) is 94.8 Å². The molecule has 12 rings (SSSR count). The van der Waals surface area contributed by atoms with Crippen LogP contribution in [0.2, 0.25) is 0 Å². The van der Waals surface area contributed by atoms with Gasteiger partial charge in [-0.1, -0.05) is 151 Å². The minimum absolute atomic E-state index is 0.462. The number of rotatable bonds is 4. The van der Waals surface area contributed by atoms with E-state index in [0.717, 1.165) is 44.2 Å². The number of nitriles is 1. The van der Waals surface area contributed by atoms with E-state index >= 15 is 0 Å². The van der Waals surface area contributed by atoms with Crippen molar-refractivity contribution in [2.45, 2.75) is 19.3 Å². The Kier molecular flexibility index (Phi) is 7.27. The standard InChI is InChI=1S/C55H35N5/c1-33-21-24-46-41(27-33)42-28-34(2)22-25-47(42)55(46)45-19-11-9-17-39(45)43-31-51-44(30-48(43)55)40-18-10-12-20-50(40)60(51)49-26-23-37(29-38(49)32-56)54-58-52(35-13-5-3-6-14-35)57-53(59-54)36-15-7-4-8-16-36/h3-31H,1-2H3. The summed E-state index contributed by atoms with van der Waals surface area (Å²) in [5.74, 6) is 1.67. The Labute approximate surface area is 347 Å². The molecule has 2 aliphatic rings. The fourth-order valence-electron chi connectivity index (χ4n) is 10.0. The van der Waals surface area contributed by atoms with E-state index in [4.69, 9.17) is 15.0 Å². The first-order chi connectivity index (χ1) is 29.5. The maximum atomic E-state index is 10.9. The molecule has 60 heavy (non-hydrogen) atoms. The smallest absolute Gasteiger partial charge is 0.164 e. The van der Waals surface area contributed by atoms with Crippen LogP contribution in [-0.2, 0) is 5.41 Å². The van der Waals surface area contributed by atoms with E-state index in [0.29, 0.717) is 23.0 Å². The Morgan fingerprint density at radius 3 is 1.63 bits per heavy atom. The van der Waals surface area contributed by atoms with Crippen LogP contribution in [0.15, 0.2) is 176 Å². The minimum atomic E-state index is -0.462. The molecule has 8 aromatic carbocycles. The lowest BCUT2D eigenvalue weighted by molar-refractivity contribution is 0.794. The quantitative estimate of drug-likeness (QED) is 0.179. The van der Waals surface area contributed by atoms with Crippen molar-refractivity contribution in [3.05, 3.63) is 215 Å². The molecule has 0 radical (unpaired) electrons. The van der Waals surface area contributed by atoms with Crippen LogP contribution in [0.3, 0.4) is 0 Å². The lowest BCUT2D eigenvalue weighted by Gasteiger charge is -2.30.